The highest BCUT2D eigenvalue weighted by Crippen LogP contribution is 2.28. The van der Waals surface area contributed by atoms with Crippen LogP contribution in [0.2, 0.25) is 0 Å². The summed E-state index contributed by atoms with van der Waals surface area (Å²) in [6.45, 7) is 2.00. The van der Waals surface area contributed by atoms with Gasteiger partial charge in [0.05, 0.1) is 28.3 Å². The molecule has 0 aliphatic carbocycles. The summed E-state index contributed by atoms with van der Waals surface area (Å²) in [4.78, 5) is 18.7. The second-order valence-corrected chi connectivity index (χ2v) is 5.85. The molecule has 0 unspecified atom stereocenters. The van der Waals surface area contributed by atoms with Gasteiger partial charge in [-0.1, -0.05) is 0 Å². The van der Waals surface area contributed by atoms with E-state index < -0.39 is 0 Å². The van der Waals surface area contributed by atoms with E-state index in [2.05, 4.69) is 31.1 Å². The normalized spacial score (nSPS) is 15.0. The fourth-order valence-corrected chi connectivity index (χ4v) is 2.89. The van der Waals surface area contributed by atoms with Gasteiger partial charge < -0.3 is 14.6 Å². The molecule has 110 valence electrons. The summed E-state index contributed by atoms with van der Waals surface area (Å²) in [6.07, 6.45) is 8.57. The molecule has 3 heterocycles. The minimum absolute atomic E-state index is 0.267. The Balaban J connectivity index is 1.82. The van der Waals surface area contributed by atoms with Gasteiger partial charge in [-0.3, -0.25) is 9.78 Å². The summed E-state index contributed by atoms with van der Waals surface area (Å²) < 4.78 is 5.84. The van der Waals surface area contributed by atoms with Crippen LogP contribution in [0.4, 0.5) is 11.4 Å². The quantitative estimate of drug-likeness (QED) is 0.918. The summed E-state index contributed by atoms with van der Waals surface area (Å²) in [5, 5.41) is 2.91. The molecule has 3 rings (SSSR count). The van der Waals surface area contributed by atoms with Crippen LogP contribution in [0, 0.1) is 0 Å². The number of carbonyl (C=O) groups is 1. The van der Waals surface area contributed by atoms with Gasteiger partial charge in [-0.15, -0.1) is 0 Å². The molecule has 1 amide bonds. The molecule has 5 nitrogen and oxygen atoms in total. The molecule has 0 atom stereocenters. The second kappa shape index (κ2) is 6.30. The first kappa shape index (κ1) is 14.1. The Kier molecular flexibility index (Phi) is 4.24. The van der Waals surface area contributed by atoms with E-state index in [9.17, 15) is 4.79 Å². The molecule has 1 N–H and O–H groups in total. The number of halogens is 1. The Hall–Kier alpha value is -1.82. The second-order valence-electron chi connectivity index (χ2n) is 4.99. The molecule has 0 bridgehead atoms. The highest BCUT2D eigenvalue weighted by atomic mass is 79.9. The Labute approximate surface area is 131 Å². The predicted molar refractivity (Wildman–Crippen MR) is 84.7 cm³/mol. The van der Waals surface area contributed by atoms with Gasteiger partial charge in [0.15, 0.2) is 0 Å². The van der Waals surface area contributed by atoms with Crippen molar-refractivity contribution in [3.63, 3.8) is 0 Å². The SMILES string of the molecule is O=C(Nc1ccncc1N1CCCCC1)c1occc1Br. The number of nitrogens with zero attached hydrogens (tertiary/aromatic N) is 2. The molecule has 0 aromatic carbocycles. The third-order valence-corrected chi connectivity index (χ3v) is 4.19. The van der Waals surface area contributed by atoms with E-state index in [0.29, 0.717) is 4.47 Å². The van der Waals surface area contributed by atoms with Crippen LogP contribution >= 0.6 is 15.9 Å². The number of furan rings is 1. The Morgan fingerprint density at radius 3 is 2.81 bits per heavy atom. The molecule has 1 saturated heterocycles. The number of piperidine rings is 1. The Bertz CT molecular complexity index is 635. The lowest BCUT2D eigenvalue weighted by atomic mass is 10.1. The number of anilines is 2. The maximum atomic E-state index is 12.3. The number of hydrogen-bond acceptors (Lipinski definition) is 4. The van der Waals surface area contributed by atoms with Gasteiger partial charge in [0.1, 0.15) is 0 Å². The van der Waals surface area contributed by atoms with Crippen LogP contribution in [0.1, 0.15) is 29.8 Å². The van der Waals surface area contributed by atoms with Crippen molar-refractivity contribution >= 4 is 33.2 Å². The number of pyridine rings is 1. The third-order valence-electron chi connectivity index (χ3n) is 3.57. The van der Waals surface area contributed by atoms with Crippen molar-refractivity contribution in [3.05, 3.63) is 41.0 Å². The van der Waals surface area contributed by atoms with Crippen molar-refractivity contribution in [1.82, 2.24) is 4.98 Å². The fourth-order valence-electron chi connectivity index (χ4n) is 2.51. The molecule has 6 heteroatoms. The molecular weight excluding hydrogens is 334 g/mol. The fraction of sp³-hybridized carbons (Fsp3) is 0.333. The summed E-state index contributed by atoms with van der Waals surface area (Å²) in [5.41, 5.74) is 1.73. The molecule has 2 aromatic heterocycles. The molecular formula is C15H16BrN3O2. The summed E-state index contributed by atoms with van der Waals surface area (Å²) in [7, 11) is 0. The topological polar surface area (TPSA) is 58.4 Å². The molecule has 1 aliphatic heterocycles. The van der Waals surface area contributed by atoms with E-state index in [1.54, 1.807) is 18.5 Å². The van der Waals surface area contributed by atoms with Crippen molar-refractivity contribution < 1.29 is 9.21 Å². The van der Waals surface area contributed by atoms with Crippen molar-refractivity contribution in [1.29, 1.82) is 0 Å². The van der Waals surface area contributed by atoms with Crippen molar-refractivity contribution in [2.75, 3.05) is 23.3 Å². The monoisotopic (exact) mass is 349 g/mol. The van der Waals surface area contributed by atoms with E-state index in [0.717, 1.165) is 24.5 Å². The maximum absolute atomic E-state index is 12.3. The van der Waals surface area contributed by atoms with Crippen LogP contribution in [0.15, 0.2) is 39.7 Å². The summed E-state index contributed by atoms with van der Waals surface area (Å²) in [6, 6.07) is 3.52. The van der Waals surface area contributed by atoms with Crippen LogP contribution in [0.25, 0.3) is 0 Å². The highest BCUT2D eigenvalue weighted by molar-refractivity contribution is 9.10. The molecule has 1 aliphatic rings. The van der Waals surface area contributed by atoms with Crippen LogP contribution in [-0.2, 0) is 0 Å². The molecule has 21 heavy (non-hydrogen) atoms. The number of amides is 1. The standard InChI is InChI=1S/C15H16BrN3O2/c16-11-5-9-21-14(11)15(20)18-12-4-6-17-10-13(12)19-7-2-1-3-8-19/h4-6,9-10H,1-3,7-8H2,(H,17,18,20). The van der Waals surface area contributed by atoms with Crippen molar-refractivity contribution in [2.24, 2.45) is 0 Å². The summed E-state index contributed by atoms with van der Waals surface area (Å²) in [5.74, 6) is 0.00717. The van der Waals surface area contributed by atoms with Crippen molar-refractivity contribution in [2.45, 2.75) is 19.3 Å². The molecule has 0 saturated carbocycles. The highest BCUT2D eigenvalue weighted by Gasteiger charge is 2.19. The zero-order valence-corrected chi connectivity index (χ0v) is 13.1. The van der Waals surface area contributed by atoms with Gasteiger partial charge in [0.25, 0.3) is 5.91 Å². The lowest BCUT2D eigenvalue weighted by Crippen LogP contribution is -2.30. The largest absolute Gasteiger partial charge is 0.458 e. The zero-order valence-electron chi connectivity index (χ0n) is 11.5. The third kappa shape index (κ3) is 3.10. The lowest BCUT2D eigenvalue weighted by molar-refractivity contribution is 0.0995. The Morgan fingerprint density at radius 2 is 2.10 bits per heavy atom. The molecule has 2 aromatic rings. The number of aromatic nitrogens is 1. The number of nitrogens with one attached hydrogen (secondary N) is 1. The van der Waals surface area contributed by atoms with E-state index in [-0.39, 0.29) is 11.7 Å². The lowest BCUT2D eigenvalue weighted by Gasteiger charge is -2.30. The minimum atomic E-state index is -0.267. The maximum Gasteiger partial charge on any atom is 0.292 e. The zero-order chi connectivity index (χ0) is 14.7. The van der Waals surface area contributed by atoms with Crippen LogP contribution in [-0.4, -0.2) is 24.0 Å². The van der Waals surface area contributed by atoms with Crippen LogP contribution in [0.5, 0.6) is 0 Å². The number of carbonyl (C=O) groups excluding carboxylic acids is 1. The smallest absolute Gasteiger partial charge is 0.292 e. The average Bonchev–Trinajstić information content (AvgIpc) is 2.95. The van der Waals surface area contributed by atoms with Crippen LogP contribution in [0.3, 0.4) is 0 Å². The van der Waals surface area contributed by atoms with Gasteiger partial charge in [0, 0.05) is 19.3 Å². The summed E-state index contributed by atoms with van der Waals surface area (Å²) >= 11 is 3.30. The number of rotatable bonds is 3. The first-order chi connectivity index (χ1) is 10.3. The van der Waals surface area contributed by atoms with Gasteiger partial charge in [-0.25, -0.2) is 0 Å². The van der Waals surface area contributed by atoms with E-state index >= 15 is 0 Å². The van der Waals surface area contributed by atoms with Gasteiger partial charge in [-0.2, -0.15) is 0 Å². The van der Waals surface area contributed by atoms with E-state index in [4.69, 9.17) is 4.42 Å². The van der Waals surface area contributed by atoms with Gasteiger partial charge in [-0.05, 0) is 47.3 Å². The van der Waals surface area contributed by atoms with E-state index in [1.165, 1.54) is 25.5 Å². The minimum Gasteiger partial charge on any atom is -0.458 e. The molecule has 1 fully saturated rings. The Morgan fingerprint density at radius 1 is 1.29 bits per heavy atom. The first-order valence-corrected chi connectivity index (χ1v) is 7.78. The molecule has 0 radical (unpaired) electrons. The predicted octanol–water partition coefficient (Wildman–Crippen LogP) is 3.68. The van der Waals surface area contributed by atoms with Crippen molar-refractivity contribution in [3.8, 4) is 0 Å². The van der Waals surface area contributed by atoms with E-state index in [1.807, 2.05) is 6.07 Å². The first-order valence-electron chi connectivity index (χ1n) is 6.99. The number of hydrogen-bond donors (Lipinski definition) is 1. The van der Waals surface area contributed by atoms with Gasteiger partial charge >= 0.3 is 0 Å². The van der Waals surface area contributed by atoms with Gasteiger partial charge in [0.2, 0.25) is 5.76 Å². The average molecular weight is 350 g/mol. The van der Waals surface area contributed by atoms with Crippen LogP contribution < -0.4 is 10.2 Å². The molecule has 0 spiro atoms.